The predicted octanol–water partition coefficient (Wildman–Crippen LogP) is 3.83. The second-order valence-electron chi connectivity index (χ2n) is 9.45. The van der Waals surface area contributed by atoms with Crippen molar-refractivity contribution in [3.05, 3.63) is 47.9 Å². The normalized spacial score (nSPS) is 22.6. The van der Waals surface area contributed by atoms with Gasteiger partial charge in [0.1, 0.15) is 11.2 Å². The third kappa shape index (κ3) is 3.27. The zero-order valence-corrected chi connectivity index (χ0v) is 18.6. The number of hydrogen-bond donors (Lipinski definition) is 1. The van der Waals surface area contributed by atoms with Crippen LogP contribution in [0.3, 0.4) is 0 Å². The van der Waals surface area contributed by atoms with Crippen molar-refractivity contribution in [3.8, 4) is 11.5 Å². The van der Waals surface area contributed by atoms with E-state index in [0.29, 0.717) is 29.3 Å². The van der Waals surface area contributed by atoms with Gasteiger partial charge < -0.3 is 28.7 Å². The topological polar surface area (TPSA) is 85.9 Å². The van der Waals surface area contributed by atoms with Crippen molar-refractivity contribution in [2.45, 2.75) is 63.7 Å². The lowest BCUT2D eigenvalue weighted by molar-refractivity contribution is -0.134. The minimum Gasteiger partial charge on any atom is -0.463 e. The molecule has 0 spiro atoms. The van der Waals surface area contributed by atoms with E-state index < -0.39 is 5.54 Å². The molecule has 33 heavy (non-hydrogen) atoms. The molecule has 2 amide bonds. The van der Waals surface area contributed by atoms with Crippen molar-refractivity contribution in [1.29, 1.82) is 0 Å². The smallest absolute Gasteiger partial charge is 0.271 e. The van der Waals surface area contributed by atoms with Gasteiger partial charge in [0.05, 0.1) is 18.3 Å². The maximum atomic E-state index is 13.8. The lowest BCUT2D eigenvalue weighted by Gasteiger charge is -2.44. The first-order valence-corrected chi connectivity index (χ1v) is 11.6. The second-order valence-corrected chi connectivity index (χ2v) is 9.45. The molecule has 3 aliphatic rings. The second kappa shape index (κ2) is 7.57. The van der Waals surface area contributed by atoms with Gasteiger partial charge in [-0.2, -0.15) is 0 Å². The number of aromatic nitrogens is 1. The monoisotopic (exact) mass is 449 g/mol. The van der Waals surface area contributed by atoms with E-state index in [4.69, 9.17) is 13.9 Å². The Hall–Kier alpha value is -3.42. The fourth-order valence-electron chi connectivity index (χ4n) is 5.33. The highest BCUT2D eigenvalue weighted by atomic mass is 16.7. The van der Waals surface area contributed by atoms with E-state index in [1.807, 2.05) is 35.8 Å². The van der Waals surface area contributed by atoms with Crippen molar-refractivity contribution in [1.82, 2.24) is 14.8 Å². The Labute approximate surface area is 191 Å². The van der Waals surface area contributed by atoms with Crippen LogP contribution in [-0.4, -0.2) is 39.7 Å². The summed E-state index contributed by atoms with van der Waals surface area (Å²) in [5.41, 5.74) is 1.85. The first kappa shape index (κ1) is 20.2. The van der Waals surface area contributed by atoms with Gasteiger partial charge >= 0.3 is 0 Å². The number of carbonyl (C=O) groups excluding carboxylic acids is 2. The number of ether oxygens (including phenoxy) is 2. The van der Waals surface area contributed by atoms with Gasteiger partial charge in [-0.1, -0.05) is 25.3 Å². The molecule has 0 saturated heterocycles. The number of amides is 2. The highest BCUT2D eigenvalue weighted by Gasteiger charge is 2.48. The summed E-state index contributed by atoms with van der Waals surface area (Å²) >= 11 is 0. The summed E-state index contributed by atoms with van der Waals surface area (Å²) < 4.78 is 18.4. The molecule has 1 aromatic carbocycles. The Balaban J connectivity index is 1.37. The molecule has 2 aromatic heterocycles. The molecule has 8 heteroatoms. The lowest BCUT2D eigenvalue weighted by atomic mass is 9.91. The third-order valence-electron chi connectivity index (χ3n) is 7.26. The van der Waals surface area contributed by atoms with E-state index >= 15 is 0 Å². The molecule has 0 radical (unpaired) electrons. The number of hydrogen-bond acceptors (Lipinski definition) is 5. The lowest BCUT2D eigenvalue weighted by Crippen LogP contribution is -2.64. The number of nitrogens with zero attached hydrogens (tertiary/aromatic N) is 2. The van der Waals surface area contributed by atoms with Gasteiger partial charge in [-0.05, 0) is 37.5 Å². The fourth-order valence-corrected chi connectivity index (χ4v) is 5.33. The van der Waals surface area contributed by atoms with Crippen LogP contribution in [0.15, 0.2) is 41.0 Å². The molecule has 1 aliphatic carbocycles. The number of furan rings is 1. The average molecular weight is 450 g/mol. The molecule has 1 saturated carbocycles. The first-order chi connectivity index (χ1) is 16.0. The largest absolute Gasteiger partial charge is 0.463 e. The van der Waals surface area contributed by atoms with Crippen LogP contribution in [0.1, 0.15) is 55.1 Å². The maximum absolute atomic E-state index is 13.8. The molecule has 8 nitrogen and oxygen atoms in total. The molecule has 4 heterocycles. The van der Waals surface area contributed by atoms with E-state index in [0.717, 1.165) is 36.8 Å². The van der Waals surface area contributed by atoms with Gasteiger partial charge in [-0.3, -0.25) is 9.59 Å². The number of carbonyl (C=O) groups is 2. The minimum absolute atomic E-state index is 0.112. The van der Waals surface area contributed by atoms with Crippen LogP contribution in [0.5, 0.6) is 11.5 Å². The van der Waals surface area contributed by atoms with Crippen LogP contribution in [0, 0.1) is 0 Å². The third-order valence-corrected chi connectivity index (χ3v) is 7.26. The number of benzene rings is 1. The van der Waals surface area contributed by atoms with E-state index in [-0.39, 0.29) is 31.2 Å². The van der Waals surface area contributed by atoms with Gasteiger partial charge in [0.25, 0.3) is 5.91 Å². The minimum atomic E-state index is -1.05. The molecule has 6 rings (SSSR count). The summed E-state index contributed by atoms with van der Waals surface area (Å²) in [6.45, 7) is 2.71. The van der Waals surface area contributed by atoms with Crippen LogP contribution in [0.2, 0.25) is 0 Å². The zero-order valence-electron chi connectivity index (χ0n) is 18.6. The van der Waals surface area contributed by atoms with Gasteiger partial charge in [-0.25, -0.2) is 0 Å². The van der Waals surface area contributed by atoms with E-state index in [1.54, 1.807) is 17.2 Å². The zero-order chi connectivity index (χ0) is 22.6. The number of fused-ring (bicyclic) bond motifs is 4. The van der Waals surface area contributed by atoms with Gasteiger partial charge in [-0.15, -0.1) is 0 Å². The van der Waals surface area contributed by atoms with Crippen molar-refractivity contribution in [3.63, 3.8) is 0 Å². The van der Waals surface area contributed by atoms with Crippen molar-refractivity contribution >= 4 is 22.9 Å². The Kier molecular flexibility index (Phi) is 4.64. The number of rotatable bonds is 4. The summed E-state index contributed by atoms with van der Waals surface area (Å²) in [6, 6.07) is 9.42. The van der Waals surface area contributed by atoms with Crippen LogP contribution < -0.4 is 14.8 Å². The average Bonchev–Trinajstić information content (AvgIpc) is 3.54. The molecule has 3 aromatic rings. The highest BCUT2D eigenvalue weighted by Crippen LogP contribution is 2.37. The standard InChI is InChI=1S/C25H27N3O5/c1-25(24(30)26-17-5-3-2-4-6-17)14-27-18-9-10-31-21(18)12-19(27)23(29)28(25)13-16-7-8-20-22(11-16)33-15-32-20/h7-12,17H,2-6,13-15H2,1H3,(H,26,30). The van der Waals surface area contributed by atoms with Crippen LogP contribution in [0.4, 0.5) is 0 Å². The van der Waals surface area contributed by atoms with Gasteiger partial charge in [0.15, 0.2) is 17.1 Å². The van der Waals surface area contributed by atoms with E-state index in [1.165, 1.54) is 6.42 Å². The Morgan fingerprint density at radius 1 is 1.12 bits per heavy atom. The Morgan fingerprint density at radius 2 is 1.94 bits per heavy atom. The molecule has 1 fully saturated rings. The fraction of sp³-hybridized carbons (Fsp3) is 0.440. The molecular weight excluding hydrogens is 422 g/mol. The molecular formula is C25H27N3O5. The molecule has 1 unspecified atom stereocenters. The molecule has 1 atom stereocenters. The maximum Gasteiger partial charge on any atom is 0.271 e. The number of nitrogens with one attached hydrogen (secondary N) is 1. The van der Waals surface area contributed by atoms with Crippen LogP contribution >= 0.6 is 0 Å². The van der Waals surface area contributed by atoms with Crippen LogP contribution in [-0.2, 0) is 17.9 Å². The summed E-state index contributed by atoms with van der Waals surface area (Å²) in [5, 5.41) is 3.26. The Bertz CT molecular complexity index is 1240. The Morgan fingerprint density at radius 3 is 2.79 bits per heavy atom. The predicted molar refractivity (Wildman–Crippen MR) is 120 cm³/mol. The van der Waals surface area contributed by atoms with Crippen molar-refractivity contribution in [2.75, 3.05) is 6.79 Å². The summed E-state index contributed by atoms with van der Waals surface area (Å²) in [7, 11) is 0. The molecule has 0 bridgehead atoms. The molecule has 2 aliphatic heterocycles. The van der Waals surface area contributed by atoms with Crippen LogP contribution in [0.25, 0.3) is 11.1 Å². The summed E-state index contributed by atoms with van der Waals surface area (Å²) in [4.78, 5) is 29.2. The molecule has 172 valence electrons. The van der Waals surface area contributed by atoms with Crippen molar-refractivity contribution < 1.29 is 23.5 Å². The SMILES string of the molecule is CC1(C(=O)NC2CCCCC2)Cn2c(cc3occc32)C(=O)N1Cc1ccc2c(c1)OCO2. The van der Waals surface area contributed by atoms with Gasteiger partial charge in [0, 0.05) is 24.7 Å². The highest BCUT2D eigenvalue weighted by molar-refractivity contribution is 6.02. The first-order valence-electron chi connectivity index (χ1n) is 11.6. The van der Waals surface area contributed by atoms with Gasteiger partial charge in [0.2, 0.25) is 12.7 Å². The molecule has 1 N–H and O–H groups in total. The quantitative estimate of drug-likeness (QED) is 0.654. The summed E-state index contributed by atoms with van der Waals surface area (Å²) in [5.74, 6) is 1.05. The van der Waals surface area contributed by atoms with Crippen molar-refractivity contribution in [2.24, 2.45) is 0 Å². The summed E-state index contributed by atoms with van der Waals surface area (Å²) in [6.07, 6.45) is 7.04. The van der Waals surface area contributed by atoms with E-state index in [9.17, 15) is 9.59 Å². The van der Waals surface area contributed by atoms with E-state index in [2.05, 4.69) is 5.32 Å².